The molecular weight excluding hydrogens is 440 g/mol. The number of anilines is 1. The van der Waals surface area contributed by atoms with Gasteiger partial charge in [0.15, 0.2) is 0 Å². The van der Waals surface area contributed by atoms with Crippen molar-refractivity contribution in [2.75, 3.05) is 11.4 Å². The number of carbonyl (C=O) groups is 2. The van der Waals surface area contributed by atoms with Gasteiger partial charge in [-0.1, -0.05) is 55.1 Å². The maximum atomic E-state index is 13.6. The molecule has 0 N–H and O–H groups in total. The Morgan fingerprint density at radius 3 is 2.11 bits per heavy atom. The summed E-state index contributed by atoms with van der Waals surface area (Å²) in [5.74, 6) is 0. The highest BCUT2D eigenvalue weighted by molar-refractivity contribution is 5.94. The summed E-state index contributed by atoms with van der Waals surface area (Å²) < 4.78 is 11.6. The lowest BCUT2D eigenvalue weighted by Gasteiger charge is -2.38. The van der Waals surface area contributed by atoms with Crippen molar-refractivity contribution in [3.8, 4) is 0 Å². The van der Waals surface area contributed by atoms with Gasteiger partial charge in [0.1, 0.15) is 17.4 Å². The molecule has 2 aromatic carbocycles. The fourth-order valence-corrected chi connectivity index (χ4v) is 5.22. The van der Waals surface area contributed by atoms with E-state index in [1.54, 1.807) is 9.80 Å². The molecule has 4 rings (SSSR count). The summed E-state index contributed by atoms with van der Waals surface area (Å²) in [7, 11) is 0. The number of nitrogens with zero attached hydrogens (tertiary/aromatic N) is 2. The third-order valence-corrected chi connectivity index (χ3v) is 6.46. The number of benzene rings is 2. The lowest BCUT2D eigenvalue weighted by molar-refractivity contribution is 0.0178. The molecule has 186 valence electrons. The van der Waals surface area contributed by atoms with E-state index in [9.17, 15) is 9.59 Å². The molecule has 0 aliphatic carbocycles. The van der Waals surface area contributed by atoms with E-state index in [-0.39, 0.29) is 0 Å². The Bertz CT molecular complexity index is 1130. The molecule has 2 heterocycles. The number of fused-ring (bicyclic) bond motifs is 3. The number of hydrogen-bond acceptors (Lipinski definition) is 4. The zero-order valence-corrected chi connectivity index (χ0v) is 21.6. The van der Waals surface area contributed by atoms with Crippen LogP contribution in [0.1, 0.15) is 65.5 Å². The fourth-order valence-electron chi connectivity index (χ4n) is 5.22. The molecule has 0 unspecified atom stereocenters. The maximum absolute atomic E-state index is 13.6. The molecule has 2 atom stereocenters. The minimum atomic E-state index is -0.680. The van der Waals surface area contributed by atoms with Gasteiger partial charge in [-0.15, -0.1) is 0 Å². The predicted octanol–water partition coefficient (Wildman–Crippen LogP) is 6.75. The molecule has 0 spiro atoms. The second-order valence-corrected chi connectivity index (χ2v) is 11.5. The Kier molecular flexibility index (Phi) is 6.20. The average Bonchev–Trinajstić information content (AvgIpc) is 3.24. The van der Waals surface area contributed by atoms with Crippen molar-refractivity contribution >= 4 is 23.4 Å². The van der Waals surface area contributed by atoms with Crippen LogP contribution in [-0.4, -0.2) is 41.0 Å². The maximum Gasteiger partial charge on any atom is 0.416 e. The van der Waals surface area contributed by atoms with Gasteiger partial charge in [0, 0.05) is 12.0 Å². The highest BCUT2D eigenvalue weighted by atomic mass is 16.6. The van der Waals surface area contributed by atoms with E-state index in [1.807, 2.05) is 90.1 Å². The summed E-state index contributed by atoms with van der Waals surface area (Å²) >= 11 is 0. The van der Waals surface area contributed by atoms with Crippen LogP contribution in [0.25, 0.3) is 5.57 Å². The molecule has 35 heavy (non-hydrogen) atoms. The average molecular weight is 477 g/mol. The monoisotopic (exact) mass is 476 g/mol. The summed E-state index contributed by atoms with van der Waals surface area (Å²) in [5, 5.41) is 0. The van der Waals surface area contributed by atoms with Gasteiger partial charge >= 0.3 is 12.2 Å². The quantitative estimate of drug-likeness (QED) is 0.492. The molecule has 6 heteroatoms. The molecule has 0 aromatic heterocycles. The van der Waals surface area contributed by atoms with E-state index >= 15 is 0 Å². The Labute approximate surface area is 208 Å². The van der Waals surface area contributed by atoms with Gasteiger partial charge in [-0.25, -0.2) is 9.59 Å². The zero-order chi connectivity index (χ0) is 25.6. The summed E-state index contributed by atoms with van der Waals surface area (Å²) in [6.45, 7) is 16.0. The first kappa shape index (κ1) is 24.8. The van der Waals surface area contributed by atoms with Crippen molar-refractivity contribution in [3.05, 3.63) is 72.3 Å². The molecule has 2 aromatic rings. The number of para-hydroxylation sites is 1. The van der Waals surface area contributed by atoms with Crippen molar-refractivity contribution in [1.82, 2.24) is 4.90 Å². The second-order valence-electron chi connectivity index (χ2n) is 11.5. The van der Waals surface area contributed by atoms with E-state index in [1.165, 1.54) is 0 Å². The number of hydrogen-bond donors (Lipinski definition) is 0. The van der Waals surface area contributed by atoms with E-state index in [4.69, 9.17) is 9.47 Å². The first-order valence-electron chi connectivity index (χ1n) is 12.2. The van der Waals surface area contributed by atoms with Gasteiger partial charge in [0.2, 0.25) is 0 Å². The van der Waals surface area contributed by atoms with Crippen LogP contribution >= 0.6 is 0 Å². The Morgan fingerprint density at radius 2 is 1.49 bits per heavy atom. The Hall–Kier alpha value is -3.28. The van der Waals surface area contributed by atoms with E-state index in [0.717, 1.165) is 22.4 Å². The smallest absolute Gasteiger partial charge is 0.416 e. The predicted molar refractivity (Wildman–Crippen MR) is 138 cm³/mol. The highest BCUT2D eigenvalue weighted by Crippen LogP contribution is 2.56. The SMILES string of the molecule is C=C(C[C@@]12CCN(C(=O)OC(C)(C)C)[C@@H]1N(C(=O)OC(C)(C)C)c1ccccc12)c1ccccc1. The number of carbonyl (C=O) groups excluding carboxylic acids is 2. The van der Waals surface area contributed by atoms with Gasteiger partial charge < -0.3 is 9.47 Å². The van der Waals surface area contributed by atoms with Crippen LogP contribution in [0.5, 0.6) is 0 Å². The molecule has 1 saturated heterocycles. The van der Waals surface area contributed by atoms with Crippen LogP contribution in [0, 0.1) is 0 Å². The number of allylic oxidation sites excluding steroid dienone is 1. The van der Waals surface area contributed by atoms with Crippen LogP contribution in [0.2, 0.25) is 0 Å². The number of rotatable bonds is 3. The van der Waals surface area contributed by atoms with E-state index in [0.29, 0.717) is 19.4 Å². The summed E-state index contributed by atoms with van der Waals surface area (Å²) in [5.41, 5.74) is 1.93. The minimum absolute atomic E-state index is 0.434. The highest BCUT2D eigenvalue weighted by Gasteiger charge is 2.61. The lowest BCUT2D eigenvalue weighted by atomic mass is 9.73. The third kappa shape index (κ3) is 4.79. The first-order valence-corrected chi connectivity index (χ1v) is 12.2. The standard InChI is InChI=1S/C29H36N2O4/c1-20(21-13-9-8-10-14-21)19-29-17-18-30(25(32)34-27(2,3)4)24(29)31(26(33)35-28(5,6)7)23-16-12-11-15-22(23)29/h8-16,24H,1,17-19H2,2-7H3/t24-,29-/m1/s1. The van der Waals surface area contributed by atoms with Crippen LogP contribution in [0.15, 0.2) is 61.2 Å². The second kappa shape index (κ2) is 8.74. The van der Waals surface area contributed by atoms with Crippen molar-refractivity contribution in [1.29, 1.82) is 0 Å². The molecule has 2 aliphatic rings. The molecular formula is C29H36N2O4. The van der Waals surface area contributed by atoms with E-state index in [2.05, 4.69) is 12.6 Å². The van der Waals surface area contributed by atoms with Gasteiger partial charge in [0.05, 0.1) is 5.69 Å². The normalized spacial score (nSPS) is 21.4. The molecule has 0 radical (unpaired) electrons. The Morgan fingerprint density at radius 1 is 0.914 bits per heavy atom. The summed E-state index contributed by atoms with van der Waals surface area (Å²) in [6.07, 6.45) is -0.213. The van der Waals surface area contributed by atoms with Gasteiger partial charge in [-0.05, 0) is 77.2 Å². The van der Waals surface area contributed by atoms with Crippen molar-refractivity contribution in [3.63, 3.8) is 0 Å². The van der Waals surface area contributed by atoms with Crippen LogP contribution in [-0.2, 0) is 14.9 Å². The Balaban J connectivity index is 1.82. The van der Waals surface area contributed by atoms with Crippen molar-refractivity contribution < 1.29 is 19.1 Å². The molecule has 0 bridgehead atoms. The number of likely N-dealkylation sites (tertiary alicyclic amines) is 1. The third-order valence-electron chi connectivity index (χ3n) is 6.46. The summed E-state index contributed by atoms with van der Waals surface area (Å²) in [4.78, 5) is 30.4. The topological polar surface area (TPSA) is 59.1 Å². The molecule has 2 amide bonds. The van der Waals surface area contributed by atoms with Crippen molar-refractivity contribution in [2.24, 2.45) is 0 Å². The van der Waals surface area contributed by atoms with Crippen LogP contribution in [0.3, 0.4) is 0 Å². The molecule has 1 fully saturated rings. The fraction of sp³-hybridized carbons (Fsp3) is 0.448. The van der Waals surface area contributed by atoms with Crippen LogP contribution in [0.4, 0.5) is 15.3 Å². The largest absolute Gasteiger partial charge is 0.444 e. The first-order chi connectivity index (χ1) is 16.3. The van der Waals surface area contributed by atoms with Gasteiger partial charge in [0.25, 0.3) is 0 Å². The van der Waals surface area contributed by atoms with Gasteiger partial charge in [-0.3, -0.25) is 9.80 Å². The minimum Gasteiger partial charge on any atom is -0.444 e. The number of amides is 2. The lowest BCUT2D eigenvalue weighted by Crippen LogP contribution is -2.55. The van der Waals surface area contributed by atoms with Gasteiger partial charge in [-0.2, -0.15) is 0 Å². The zero-order valence-electron chi connectivity index (χ0n) is 21.6. The number of ether oxygens (including phenoxy) is 2. The molecule has 6 nitrogen and oxygen atoms in total. The summed E-state index contributed by atoms with van der Waals surface area (Å²) in [6, 6.07) is 17.9. The van der Waals surface area contributed by atoms with E-state index < -0.39 is 35.0 Å². The van der Waals surface area contributed by atoms with Crippen molar-refractivity contribution in [2.45, 2.75) is 77.2 Å². The van der Waals surface area contributed by atoms with Crippen LogP contribution < -0.4 is 4.90 Å². The molecule has 0 saturated carbocycles. The molecule has 2 aliphatic heterocycles.